The molecule has 1 amide bonds. The number of halogens is 3. The average Bonchev–Trinajstić information content (AvgIpc) is 3.05. The molecule has 1 N–H and O–H groups in total. The van der Waals surface area contributed by atoms with Gasteiger partial charge in [0.05, 0.1) is 11.6 Å². The summed E-state index contributed by atoms with van der Waals surface area (Å²) in [6.07, 6.45) is 1.40. The van der Waals surface area contributed by atoms with E-state index in [0.29, 0.717) is 36.6 Å². The molecule has 0 spiro atoms. The van der Waals surface area contributed by atoms with E-state index >= 15 is 0 Å². The van der Waals surface area contributed by atoms with Gasteiger partial charge in [-0.25, -0.2) is 27.8 Å². The molecule has 140 valence electrons. The number of carbonyl (C=O) groups is 1. The predicted octanol–water partition coefficient (Wildman–Crippen LogP) is 1.73. The average molecular weight is 377 g/mol. The zero-order valence-corrected chi connectivity index (χ0v) is 14.2. The molecule has 1 fully saturated rings. The third-order valence-electron chi connectivity index (χ3n) is 4.43. The molecule has 2 aromatic heterocycles. The zero-order valence-electron chi connectivity index (χ0n) is 14.2. The second-order valence-electron chi connectivity index (χ2n) is 6.09. The highest BCUT2D eigenvalue weighted by atomic mass is 19.2. The van der Waals surface area contributed by atoms with Gasteiger partial charge in [0.25, 0.3) is 0 Å². The lowest BCUT2D eigenvalue weighted by atomic mass is 9.99. The van der Waals surface area contributed by atoms with Crippen molar-refractivity contribution in [3.8, 4) is 0 Å². The number of amides is 1. The number of anilines is 2. The predicted molar refractivity (Wildman–Crippen MR) is 89.4 cm³/mol. The number of carbonyl (C=O) groups excluding carboxylic acids is 1. The summed E-state index contributed by atoms with van der Waals surface area (Å²) in [7, 11) is 0. The number of aryl methyl sites for hydroxylation is 1. The second kappa shape index (κ2) is 6.49. The summed E-state index contributed by atoms with van der Waals surface area (Å²) in [4.78, 5) is 22.4. The van der Waals surface area contributed by atoms with E-state index in [4.69, 9.17) is 0 Å². The van der Waals surface area contributed by atoms with Gasteiger partial charge in [-0.2, -0.15) is 0 Å². The summed E-state index contributed by atoms with van der Waals surface area (Å²) in [6, 6.07) is 1.74. The number of fused-ring (bicyclic) bond motifs is 1. The van der Waals surface area contributed by atoms with Gasteiger partial charge < -0.3 is 10.2 Å². The van der Waals surface area contributed by atoms with Crippen LogP contribution in [0.1, 0.15) is 6.92 Å². The van der Waals surface area contributed by atoms with Crippen LogP contribution in [-0.4, -0.2) is 44.0 Å². The summed E-state index contributed by atoms with van der Waals surface area (Å²) in [5, 5.41) is 10.4. The fourth-order valence-electron chi connectivity index (χ4n) is 2.90. The molecule has 0 bridgehead atoms. The van der Waals surface area contributed by atoms with Gasteiger partial charge >= 0.3 is 0 Å². The summed E-state index contributed by atoms with van der Waals surface area (Å²) >= 11 is 0. The second-order valence-corrected chi connectivity index (χ2v) is 6.09. The standard InChI is InChI=1S/C16H14F3N7O/c1-2-26-15-13(23-24-26)14(20-7-21-15)25-5-8(6-25)16(27)22-10-4-3-9(17)11(18)12(10)19/h3-4,7-8H,2,5-6H2,1H3,(H,22,27). The van der Waals surface area contributed by atoms with E-state index in [1.807, 2.05) is 11.8 Å². The first-order chi connectivity index (χ1) is 13.0. The molecule has 0 unspecified atom stereocenters. The third-order valence-corrected chi connectivity index (χ3v) is 4.43. The number of rotatable bonds is 4. The summed E-state index contributed by atoms with van der Waals surface area (Å²) in [6.45, 7) is 3.17. The Morgan fingerprint density at radius 1 is 1.22 bits per heavy atom. The van der Waals surface area contributed by atoms with E-state index in [0.717, 1.165) is 12.1 Å². The summed E-state index contributed by atoms with van der Waals surface area (Å²) in [5.41, 5.74) is 0.733. The van der Waals surface area contributed by atoms with Crippen molar-refractivity contribution >= 4 is 28.6 Å². The van der Waals surface area contributed by atoms with E-state index in [1.165, 1.54) is 6.33 Å². The van der Waals surface area contributed by atoms with Crippen LogP contribution in [0.15, 0.2) is 18.5 Å². The molecule has 0 saturated carbocycles. The fraction of sp³-hybridized carbons (Fsp3) is 0.312. The molecule has 27 heavy (non-hydrogen) atoms. The maximum Gasteiger partial charge on any atom is 0.231 e. The maximum atomic E-state index is 13.7. The maximum absolute atomic E-state index is 13.7. The lowest BCUT2D eigenvalue weighted by Crippen LogP contribution is -2.52. The van der Waals surface area contributed by atoms with Crippen LogP contribution in [0.5, 0.6) is 0 Å². The van der Waals surface area contributed by atoms with Gasteiger partial charge in [-0.3, -0.25) is 4.79 Å². The molecular weight excluding hydrogens is 363 g/mol. The number of hydrogen-bond donors (Lipinski definition) is 1. The first-order valence-corrected chi connectivity index (χ1v) is 8.23. The molecule has 1 aliphatic heterocycles. The Bertz CT molecular complexity index is 1030. The Kier molecular flexibility index (Phi) is 4.13. The van der Waals surface area contributed by atoms with Gasteiger partial charge in [-0.1, -0.05) is 5.21 Å². The van der Waals surface area contributed by atoms with Crippen LogP contribution >= 0.6 is 0 Å². The van der Waals surface area contributed by atoms with Crippen LogP contribution in [0.4, 0.5) is 24.7 Å². The minimum atomic E-state index is -1.62. The Morgan fingerprint density at radius 2 is 2.00 bits per heavy atom. The molecule has 8 nitrogen and oxygen atoms in total. The topological polar surface area (TPSA) is 88.8 Å². The van der Waals surface area contributed by atoms with Gasteiger partial charge in [0, 0.05) is 19.6 Å². The molecule has 3 aromatic rings. The van der Waals surface area contributed by atoms with Crippen molar-refractivity contribution < 1.29 is 18.0 Å². The van der Waals surface area contributed by atoms with Crippen molar-refractivity contribution in [3.63, 3.8) is 0 Å². The lowest BCUT2D eigenvalue weighted by molar-refractivity contribution is -0.120. The van der Waals surface area contributed by atoms with Crippen molar-refractivity contribution in [2.45, 2.75) is 13.5 Å². The van der Waals surface area contributed by atoms with E-state index in [2.05, 4.69) is 25.6 Å². The Balaban J connectivity index is 1.46. The summed E-state index contributed by atoms with van der Waals surface area (Å²) in [5.74, 6) is -4.74. The molecule has 0 aliphatic carbocycles. The van der Waals surface area contributed by atoms with Crippen LogP contribution in [-0.2, 0) is 11.3 Å². The van der Waals surface area contributed by atoms with Crippen molar-refractivity contribution in [2.24, 2.45) is 5.92 Å². The first-order valence-electron chi connectivity index (χ1n) is 8.23. The highest BCUT2D eigenvalue weighted by Crippen LogP contribution is 2.28. The highest BCUT2D eigenvalue weighted by molar-refractivity contribution is 5.95. The minimum Gasteiger partial charge on any atom is -0.353 e. The van der Waals surface area contributed by atoms with Crippen molar-refractivity contribution in [1.29, 1.82) is 0 Å². The van der Waals surface area contributed by atoms with E-state index in [9.17, 15) is 18.0 Å². The molecule has 1 aromatic carbocycles. The molecular formula is C16H14F3N7O. The lowest BCUT2D eigenvalue weighted by Gasteiger charge is -2.38. The van der Waals surface area contributed by atoms with Crippen LogP contribution in [0.2, 0.25) is 0 Å². The van der Waals surface area contributed by atoms with Crippen molar-refractivity contribution in [3.05, 3.63) is 35.9 Å². The van der Waals surface area contributed by atoms with E-state index < -0.39 is 35.0 Å². The number of hydrogen-bond acceptors (Lipinski definition) is 6. The van der Waals surface area contributed by atoms with E-state index in [-0.39, 0.29) is 0 Å². The Labute approximate surface area is 151 Å². The molecule has 3 heterocycles. The zero-order chi connectivity index (χ0) is 19.1. The molecule has 0 radical (unpaired) electrons. The van der Waals surface area contributed by atoms with Crippen LogP contribution in [0.3, 0.4) is 0 Å². The highest BCUT2D eigenvalue weighted by Gasteiger charge is 2.35. The first kappa shape index (κ1) is 17.2. The molecule has 1 saturated heterocycles. The van der Waals surface area contributed by atoms with Gasteiger partial charge in [0.1, 0.15) is 6.33 Å². The Morgan fingerprint density at radius 3 is 2.74 bits per heavy atom. The number of aromatic nitrogens is 5. The molecule has 1 aliphatic rings. The molecule has 11 heteroatoms. The van der Waals surface area contributed by atoms with Gasteiger partial charge in [0.15, 0.2) is 34.4 Å². The third kappa shape index (κ3) is 2.84. The largest absolute Gasteiger partial charge is 0.353 e. The minimum absolute atomic E-state index is 0.322. The van der Waals surface area contributed by atoms with Crippen molar-refractivity contribution in [2.75, 3.05) is 23.3 Å². The number of nitrogens with one attached hydrogen (secondary N) is 1. The SMILES string of the molecule is CCn1nnc2c(N3CC(C(=O)Nc4ccc(F)c(F)c4F)C3)ncnc21. The Hall–Kier alpha value is -3.24. The van der Waals surface area contributed by atoms with Crippen LogP contribution in [0.25, 0.3) is 11.2 Å². The monoisotopic (exact) mass is 377 g/mol. The summed E-state index contributed by atoms with van der Waals surface area (Å²) < 4.78 is 41.6. The normalized spacial score (nSPS) is 14.4. The quantitative estimate of drug-likeness (QED) is 0.697. The van der Waals surface area contributed by atoms with Gasteiger partial charge in [-0.15, -0.1) is 5.10 Å². The van der Waals surface area contributed by atoms with E-state index in [1.54, 1.807) is 4.68 Å². The fourth-order valence-corrected chi connectivity index (χ4v) is 2.90. The number of benzene rings is 1. The van der Waals surface area contributed by atoms with Gasteiger partial charge in [-0.05, 0) is 19.1 Å². The van der Waals surface area contributed by atoms with Crippen LogP contribution in [0, 0.1) is 23.4 Å². The molecule has 0 atom stereocenters. The van der Waals surface area contributed by atoms with Gasteiger partial charge in [0.2, 0.25) is 5.91 Å². The molecule has 4 rings (SSSR count). The van der Waals surface area contributed by atoms with Crippen molar-refractivity contribution in [1.82, 2.24) is 25.0 Å². The van der Waals surface area contributed by atoms with Crippen LogP contribution < -0.4 is 10.2 Å². The number of nitrogens with zero attached hydrogens (tertiary/aromatic N) is 6. The smallest absolute Gasteiger partial charge is 0.231 e.